The molecule has 0 bridgehead atoms. The third-order valence-electron chi connectivity index (χ3n) is 3.40. The van der Waals surface area contributed by atoms with Crippen LogP contribution in [0, 0.1) is 5.92 Å². The van der Waals surface area contributed by atoms with E-state index in [4.69, 9.17) is 9.47 Å². The molecule has 2 heterocycles. The Morgan fingerprint density at radius 3 is 2.75 bits per heavy atom. The summed E-state index contributed by atoms with van der Waals surface area (Å²) in [5.74, 6) is 0.850. The maximum absolute atomic E-state index is 11.7. The summed E-state index contributed by atoms with van der Waals surface area (Å²) in [4.78, 5) is 13.6. The first-order valence-corrected chi connectivity index (χ1v) is 6.30. The van der Waals surface area contributed by atoms with Crippen molar-refractivity contribution in [3.05, 3.63) is 0 Å². The molecule has 2 fully saturated rings. The Morgan fingerprint density at radius 1 is 1.38 bits per heavy atom. The molecule has 2 saturated heterocycles. The Morgan fingerprint density at radius 2 is 2.12 bits per heavy atom. The quantitative estimate of drug-likeness (QED) is 0.728. The van der Waals surface area contributed by atoms with Crippen molar-refractivity contribution in [3.8, 4) is 0 Å². The highest BCUT2D eigenvalue weighted by Gasteiger charge is 2.28. The van der Waals surface area contributed by atoms with Crippen LogP contribution in [-0.4, -0.2) is 43.4 Å². The van der Waals surface area contributed by atoms with E-state index in [2.05, 4.69) is 6.92 Å². The van der Waals surface area contributed by atoms with Crippen LogP contribution in [0.25, 0.3) is 0 Å². The van der Waals surface area contributed by atoms with E-state index in [-0.39, 0.29) is 6.29 Å². The molecule has 0 aromatic carbocycles. The van der Waals surface area contributed by atoms with E-state index < -0.39 is 0 Å². The zero-order valence-corrected chi connectivity index (χ0v) is 9.98. The van der Waals surface area contributed by atoms with Crippen molar-refractivity contribution in [2.24, 2.45) is 5.92 Å². The molecule has 0 aromatic rings. The molecule has 2 aliphatic rings. The van der Waals surface area contributed by atoms with Gasteiger partial charge in [-0.05, 0) is 12.3 Å². The molecule has 0 aromatic heterocycles. The molecule has 1 atom stereocenters. The van der Waals surface area contributed by atoms with Gasteiger partial charge in [0.1, 0.15) is 0 Å². The molecule has 2 aliphatic heterocycles. The van der Waals surface area contributed by atoms with Gasteiger partial charge in [-0.3, -0.25) is 4.79 Å². The minimum absolute atomic E-state index is 0.0952. The fraction of sp³-hybridized carbons (Fsp3) is 0.917. The number of amides is 1. The van der Waals surface area contributed by atoms with E-state index in [0.29, 0.717) is 11.8 Å². The van der Waals surface area contributed by atoms with Gasteiger partial charge in [0.05, 0.1) is 13.2 Å². The maximum Gasteiger partial charge on any atom is 0.222 e. The van der Waals surface area contributed by atoms with Gasteiger partial charge in [0.2, 0.25) is 5.91 Å². The van der Waals surface area contributed by atoms with E-state index in [0.717, 1.165) is 52.0 Å². The van der Waals surface area contributed by atoms with Crippen LogP contribution in [-0.2, 0) is 14.3 Å². The summed E-state index contributed by atoms with van der Waals surface area (Å²) < 4.78 is 10.9. The molecule has 1 unspecified atom stereocenters. The zero-order valence-electron chi connectivity index (χ0n) is 9.98. The van der Waals surface area contributed by atoms with E-state index >= 15 is 0 Å². The van der Waals surface area contributed by atoms with E-state index in [1.54, 1.807) is 0 Å². The standard InChI is InChI=1S/C12H21NO3/c1-2-10-8-11(14)13(9-10)5-4-12-15-6-3-7-16-12/h10,12H,2-9H2,1H3. The number of carbonyl (C=O) groups is 1. The minimum atomic E-state index is -0.0952. The molecule has 0 spiro atoms. The van der Waals surface area contributed by atoms with Gasteiger partial charge >= 0.3 is 0 Å². The second kappa shape index (κ2) is 5.64. The summed E-state index contributed by atoms with van der Waals surface area (Å²) in [6, 6.07) is 0. The van der Waals surface area contributed by atoms with Crippen LogP contribution in [0.4, 0.5) is 0 Å². The predicted octanol–water partition coefficient (Wildman–Crippen LogP) is 1.40. The second-order valence-corrected chi connectivity index (χ2v) is 4.63. The molecule has 0 radical (unpaired) electrons. The summed E-state index contributed by atoms with van der Waals surface area (Å²) in [5, 5.41) is 0. The molecule has 0 saturated carbocycles. The Hall–Kier alpha value is -0.610. The summed E-state index contributed by atoms with van der Waals surface area (Å²) in [5.41, 5.74) is 0. The van der Waals surface area contributed by atoms with Gasteiger partial charge in [0.15, 0.2) is 6.29 Å². The molecule has 4 nitrogen and oxygen atoms in total. The van der Waals surface area contributed by atoms with Crippen LogP contribution in [0.15, 0.2) is 0 Å². The highest BCUT2D eigenvalue weighted by atomic mass is 16.7. The molecule has 1 amide bonds. The van der Waals surface area contributed by atoms with Gasteiger partial charge in [-0.1, -0.05) is 13.3 Å². The average molecular weight is 227 g/mol. The van der Waals surface area contributed by atoms with Gasteiger partial charge in [0.25, 0.3) is 0 Å². The molecule has 16 heavy (non-hydrogen) atoms. The molecule has 92 valence electrons. The molecule has 4 heteroatoms. The number of ether oxygens (including phenoxy) is 2. The van der Waals surface area contributed by atoms with Crippen LogP contribution in [0.1, 0.15) is 32.6 Å². The van der Waals surface area contributed by atoms with Crippen molar-refractivity contribution < 1.29 is 14.3 Å². The molecular weight excluding hydrogens is 206 g/mol. The van der Waals surface area contributed by atoms with Crippen molar-refractivity contribution in [2.45, 2.75) is 38.9 Å². The lowest BCUT2D eigenvalue weighted by Crippen LogP contribution is -2.32. The van der Waals surface area contributed by atoms with E-state index in [9.17, 15) is 4.79 Å². The average Bonchev–Trinajstić information content (AvgIpc) is 2.69. The second-order valence-electron chi connectivity index (χ2n) is 4.63. The van der Waals surface area contributed by atoms with Crippen molar-refractivity contribution in [1.29, 1.82) is 0 Å². The number of hydrogen-bond acceptors (Lipinski definition) is 3. The lowest BCUT2D eigenvalue weighted by atomic mass is 10.1. The van der Waals surface area contributed by atoms with Gasteiger partial charge in [-0.2, -0.15) is 0 Å². The van der Waals surface area contributed by atoms with Crippen molar-refractivity contribution >= 4 is 5.91 Å². The third-order valence-corrected chi connectivity index (χ3v) is 3.40. The number of hydrogen-bond donors (Lipinski definition) is 0. The predicted molar refractivity (Wildman–Crippen MR) is 59.9 cm³/mol. The van der Waals surface area contributed by atoms with Crippen LogP contribution in [0.2, 0.25) is 0 Å². The number of nitrogens with zero attached hydrogens (tertiary/aromatic N) is 1. The fourth-order valence-electron chi connectivity index (χ4n) is 2.31. The SMILES string of the molecule is CCC1CC(=O)N(CCC2OCCCO2)C1. The topological polar surface area (TPSA) is 38.8 Å². The van der Waals surface area contributed by atoms with E-state index in [1.807, 2.05) is 4.90 Å². The van der Waals surface area contributed by atoms with Crippen LogP contribution >= 0.6 is 0 Å². The van der Waals surface area contributed by atoms with Gasteiger partial charge < -0.3 is 14.4 Å². The fourth-order valence-corrected chi connectivity index (χ4v) is 2.31. The summed E-state index contributed by atoms with van der Waals surface area (Å²) in [7, 11) is 0. The Bertz CT molecular complexity index is 238. The van der Waals surface area contributed by atoms with E-state index in [1.165, 1.54) is 0 Å². The molecule has 0 aliphatic carbocycles. The van der Waals surface area contributed by atoms with Gasteiger partial charge in [-0.15, -0.1) is 0 Å². The lowest BCUT2D eigenvalue weighted by Gasteiger charge is -2.25. The molecular formula is C12H21NO3. The summed E-state index contributed by atoms with van der Waals surface area (Å²) in [6.45, 7) is 5.42. The van der Waals surface area contributed by atoms with Crippen molar-refractivity contribution in [1.82, 2.24) is 4.90 Å². The molecule has 2 rings (SSSR count). The van der Waals surface area contributed by atoms with Gasteiger partial charge in [0, 0.05) is 25.9 Å². The third kappa shape index (κ3) is 2.95. The largest absolute Gasteiger partial charge is 0.353 e. The van der Waals surface area contributed by atoms with Gasteiger partial charge in [-0.25, -0.2) is 0 Å². The first kappa shape index (κ1) is 11.9. The van der Waals surface area contributed by atoms with Crippen molar-refractivity contribution in [3.63, 3.8) is 0 Å². The normalized spacial score (nSPS) is 27.7. The highest BCUT2D eigenvalue weighted by Crippen LogP contribution is 2.21. The number of carbonyl (C=O) groups excluding carboxylic acids is 1. The van der Waals surface area contributed by atoms with Crippen LogP contribution in [0.5, 0.6) is 0 Å². The Kier molecular flexibility index (Phi) is 4.18. The number of rotatable bonds is 4. The smallest absolute Gasteiger partial charge is 0.222 e. The Balaban J connectivity index is 1.71. The highest BCUT2D eigenvalue weighted by molar-refractivity contribution is 5.78. The maximum atomic E-state index is 11.7. The first-order valence-electron chi connectivity index (χ1n) is 6.30. The minimum Gasteiger partial charge on any atom is -0.353 e. The van der Waals surface area contributed by atoms with Crippen molar-refractivity contribution in [2.75, 3.05) is 26.3 Å². The molecule has 0 N–H and O–H groups in total. The Labute approximate surface area is 96.9 Å². The van der Waals surface area contributed by atoms with Crippen LogP contribution < -0.4 is 0 Å². The monoisotopic (exact) mass is 227 g/mol. The van der Waals surface area contributed by atoms with Crippen LogP contribution in [0.3, 0.4) is 0 Å². The summed E-state index contributed by atoms with van der Waals surface area (Å²) >= 11 is 0. The zero-order chi connectivity index (χ0) is 11.4. The number of likely N-dealkylation sites (tertiary alicyclic amines) is 1. The first-order chi connectivity index (χ1) is 7.79. The summed E-state index contributed by atoms with van der Waals surface area (Å²) in [6.07, 6.45) is 3.52. The lowest BCUT2D eigenvalue weighted by molar-refractivity contribution is -0.182.